The number of imidazole rings is 1. The van der Waals surface area contributed by atoms with Gasteiger partial charge in [0.1, 0.15) is 0 Å². The molecular weight excluding hydrogens is 198 g/mol. The first-order chi connectivity index (χ1) is 7.31. The third kappa shape index (κ3) is 3.63. The van der Waals surface area contributed by atoms with Crippen molar-refractivity contribution in [2.24, 2.45) is 17.1 Å². The first kappa shape index (κ1) is 13.2. The molecule has 2 N–H and O–H groups in total. The van der Waals surface area contributed by atoms with Crippen molar-refractivity contribution in [3.63, 3.8) is 0 Å². The van der Waals surface area contributed by atoms with E-state index >= 15 is 0 Å². The highest BCUT2D eigenvalue weighted by Gasteiger charge is 2.16. The van der Waals surface area contributed by atoms with Crippen molar-refractivity contribution in [3.8, 4) is 0 Å². The molecule has 16 heavy (non-hydrogen) atoms. The predicted molar refractivity (Wildman–Crippen MR) is 68.1 cm³/mol. The van der Waals surface area contributed by atoms with Crippen molar-refractivity contribution in [2.45, 2.75) is 53.6 Å². The van der Waals surface area contributed by atoms with E-state index in [0.29, 0.717) is 11.3 Å². The van der Waals surface area contributed by atoms with Crippen LogP contribution in [0, 0.1) is 11.3 Å². The van der Waals surface area contributed by atoms with E-state index in [-0.39, 0.29) is 6.04 Å². The molecule has 0 aromatic carbocycles. The van der Waals surface area contributed by atoms with Gasteiger partial charge >= 0.3 is 0 Å². The number of nitrogens with two attached hydrogens (primary N) is 1. The Morgan fingerprint density at radius 2 is 2.00 bits per heavy atom. The Kier molecular flexibility index (Phi) is 4.14. The zero-order chi connectivity index (χ0) is 12.3. The Hall–Kier alpha value is -0.830. The lowest BCUT2D eigenvalue weighted by molar-refractivity contribution is 0.343. The van der Waals surface area contributed by atoms with E-state index in [4.69, 9.17) is 5.73 Å². The summed E-state index contributed by atoms with van der Waals surface area (Å²) in [5.41, 5.74) is 7.66. The quantitative estimate of drug-likeness (QED) is 0.852. The molecule has 0 saturated heterocycles. The van der Waals surface area contributed by atoms with E-state index in [1.54, 1.807) is 0 Å². The fourth-order valence-corrected chi connectivity index (χ4v) is 1.59. The number of hydrogen-bond donors (Lipinski definition) is 1. The minimum Gasteiger partial charge on any atom is -0.333 e. The minimum atomic E-state index is 0.0856. The fourth-order valence-electron chi connectivity index (χ4n) is 1.59. The fraction of sp³-hybridized carbons (Fsp3) is 0.769. The minimum absolute atomic E-state index is 0.0856. The Balaban J connectivity index is 2.71. The summed E-state index contributed by atoms with van der Waals surface area (Å²) >= 11 is 0. The average molecular weight is 223 g/mol. The largest absolute Gasteiger partial charge is 0.333 e. The van der Waals surface area contributed by atoms with Crippen LogP contribution in [0.2, 0.25) is 0 Å². The molecule has 1 atom stereocenters. The van der Waals surface area contributed by atoms with Crippen LogP contribution in [0.15, 0.2) is 12.5 Å². The molecule has 0 amide bonds. The van der Waals surface area contributed by atoms with Gasteiger partial charge in [-0.1, -0.05) is 34.6 Å². The Morgan fingerprint density at radius 3 is 2.50 bits per heavy atom. The second kappa shape index (κ2) is 5.00. The average Bonchev–Trinajstić information content (AvgIpc) is 2.59. The van der Waals surface area contributed by atoms with Crippen LogP contribution in [0.4, 0.5) is 0 Å². The van der Waals surface area contributed by atoms with Crippen LogP contribution < -0.4 is 5.73 Å². The molecule has 0 radical (unpaired) electrons. The molecule has 0 saturated carbocycles. The summed E-state index contributed by atoms with van der Waals surface area (Å²) in [6, 6.07) is 0.0856. The summed E-state index contributed by atoms with van der Waals surface area (Å²) in [4.78, 5) is 4.21. The summed E-state index contributed by atoms with van der Waals surface area (Å²) in [5.74, 6) is 0.449. The molecule has 0 spiro atoms. The van der Waals surface area contributed by atoms with E-state index in [9.17, 15) is 0 Å². The van der Waals surface area contributed by atoms with E-state index in [1.165, 1.54) is 0 Å². The maximum Gasteiger partial charge on any atom is 0.0948 e. The molecule has 0 aliphatic rings. The van der Waals surface area contributed by atoms with Crippen LogP contribution >= 0.6 is 0 Å². The predicted octanol–water partition coefficient (Wildman–Crippen LogP) is 2.98. The van der Waals surface area contributed by atoms with E-state index in [2.05, 4.69) is 44.2 Å². The normalized spacial score (nSPS) is 14.4. The van der Waals surface area contributed by atoms with Gasteiger partial charge in [0, 0.05) is 18.8 Å². The van der Waals surface area contributed by atoms with Gasteiger partial charge in [-0.25, -0.2) is 4.98 Å². The zero-order valence-corrected chi connectivity index (χ0v) is 11.2. The highest BCUT2D eigenvalue weighted by molar-refractivity contribution is 5.05. The van der Waals surface area contributed by atoms with Crippen molar-refractivity contribution in [2.75, 3.05) is 0 Å². The van der Waals surface area contributed by atoms with Crippen LogP contribution in [-0.4, -0.2) is 9.55 Å². The topological polar surface area (TPSA) is 43.8 Å². The number of rotatable bonds is 4. The van der Waals surface area contributed by atoms with Gasteiger partial charge in [0.05, 0.1) is 12.0 Å². The lowest BCUT2D eigenvalue weighted by atomic mass is 9.92. The third-order valence-corrected chi connectivity index (χ3v) is 2.91. The molecule has 1 rings (SSSR count). The summed E-state index contributed by atoms with van der Waals surface area (Å²) in [6.07, 6.45) is 4.93. The van der Waals surface area contributed by atoms with E-state index in [0.717, 1.165) is 18.7 Å². The molecule has 0 bridgehead atoms. The second-order valence-electron chi connectivity index (χ2n) is 6.09. The molecule has 1 aromatic heterocycles. The number of nitrogens with zero attached hydrogens (tertiary/aromatic N) is 2. The summed E-state index contributed by atoms with van der Waals surface area (Å²) in [6.45, 7) is 12.1. The van der Waals surface area contributed by atoms with Crippen LogP contribution in [0.1, 0.15) is 52.8 Å². The van der Waals surface area contributed by atoms with Crippen molar-refractivity contribution in [1.29, 1.82) is 0 Å². The maximum atomic E-state index is 6.16. The van der Waals surface area contributed by atoms with Crippen LogP contribution in [-0.2, 0) is 6.54 Å². The molecule has 0 aliphatic carbocycles. The second-order valence-corrected chi connectivity index (χ2v) is 6.09. The highest BCUT2D eigenvalue weighted by atomic mass is 15.1. The van der Waals surface area contributed by atoms with E-state index in [1.807, 2.05) is 12.5 Å². The van der Waals surface area contributed by atoms with Crippen LogP contribution in [0.25, 0.3) is 0 Å². The first-order valence-corrected chi connectivity index (χ1v) is 6.07. The lowest BCUT2D eigenvalue weighted by Gasteiger charge is -2.22. The van der Waals surface area contributed by atoms with Gasteiger partial charge in [0.15, 0.2) is 0 Å². The molecule has 1 heterocycles. The monoisotopic (exact) mass is 223 g/mol. The number of hydrogen-bond acceptors (Lipinski definition) is 2. The number of aryl methyl sites for hydroxylation is 1. The highest BCUT2D eigenvalue weighted by Crippen LogP contribution is 2.22. The van der Waals surface area contributed by atoms with E-state index < -0.39 is 0 Å². The Bertz CT molecular complexity index is 320. The molecule has 1 aromatic rings. The Labute approximate surface area is 99.1 Å². The van der Waals surface area contributed by atoms with Crippen molar-refractivity contribution in [1.82, 2.24) is 9.55 Å². The molecule has 1 unspecified atom stereocenters. The zero-order valence-electron chi connectivity index (χ0n) is 11.2. The van der Waals surface area contributed by atoms with Gasteiger partial charge < -0.3 is 10.3 Å². The summed E-state index contributed by atoms with van der Waals surface area (Å²) in [7, 11) is 0. The van der Waals surface area contributed by atoms with Crippen LogP contribution in [0.3, 0.4) is 0 Å². The Morgan fingerprint density at radius 1 is 1.38 bits per heavy atom. The summed E-state index contributed by atoms with van der Waals surface area (Å²) < 4.78 is 2.19. The van der Waals surface area contributed by atoms with Gasteiger partial charge in [-0.15, -0.1) is 0 Å². The van der Waals surface area contributed by atoms with Crippen molar-refractivity contribution < 1.29 is 0 Å². The smallest absolute Gasteiger partial charge is 0.0948 e. The van der Waals surface area contributed by atoms with Gasteiger partial charge in [-0.05, 0) is 17.8 Å². The molecule has 0 aliphatic heterocycles. The van der Waals surface area contributed by atoms with Gasteiger partial charge in [0.2, 0.25) is 0 Å². The standard InChI is InChI=1S/C13H25N3/c1-10(2)12(14)11-8-15-9-16(11)7-6-13(3,4)5/h8-10,12H,6-7,14H2,1-5H3. The van der Waals surface area contributed by atoms with Crippen molar-refractivity contribution in [3.05, 3.63) is 18.2 Å². The van der Waals surface area contributed by atoms with Crippen molar-refractivity contribution >= 4 is 0 Å². The molecule has 92 valence electrons. The SMILES string of the molecule is CC(C)C(N)c1cncn1CCC(C)(C)C. The molecule has 3 heteroatoms. The lowest BCUT2D eigenvalue weighted by Crippen LogP contribution is -2.21. The number of aromatic nitrogens is 2. The molecule has 3 nitrogen and oxygen atoms in total. The van der Waals surface area contributed by atoms with Gasteiger partial charge in [-0.3, -0.25) is 0 Å². The summed E-state index contributed by atoms with van der Waals surface area (Å²) in [5, 5.41) is 0. The maximum absolute atomic E-state index is 6.16. The van der Waals surface area contributed by atoms with Crippen LogP contribution in [0.5, 0.6) is 0 Å². The first-order valence-electron chi connectivity index (χ1n) is 6.07. The molecular formula is C13H25N3. The third-order valence-electron chi connectivity index (χ3n) is 2.91. The van der Waals surface area contributed by atoms with Gasteiger partial charge in [-0.2, -0.15) is 0 Å². The van der Waals surface area contributed by atoms with Gasteiger partial charge in [0.25, 0.3) is 0 Å². The molecule has 0 fully saturated rings.